The number of aliphatic hydroxyl groups excluding tert-OH is 1. The fourth-order valence-electron chi connectivity index (χ4n) is 5.21. The van der Waals surface area contributed by atoms with Crippen LogP contribution in [0.25, 0.3) is 0 Å². The largest absolute Gasteiger partial charge is 0.490 e. The van der Waals surface area contributed by atoms with E-state index in [4.69, 9.17) is 18.9 Å². The fraction of sp³-hybridized carbons (Fsp3) is 0.548. The number of hydrogen-bond donors (Lipinski definition) is 3. The number of likely N-dealkylation sites (N-methyl/N-ethyl adjacent to an activating group) is 1. The Morgan fingerprint density at radius 2 is 1.80 bits per heavy atom. The first kappa shape index (κ1) is 34.1. The van der Waals surface area contributed by atoms with E-state index in [0.29, 0.717) is 36.0 Å². The number of nitrogens with one attached hydrogen (secondary N) is 2. The molecule has 0 saturated carbocycles. The highest BCUT2D eigenvalue weighted by Crippen LogP contribution is 2.34. The molecule has 2 aliphatic heterocycles. The molecule has 4 rings (SSSR count). The fourth-order valence-corrected chi connectivity index (χ4v) is 5.76. The van der Waals surface area contributed by atoms with Crippen molar-refractivity contribution in [1.29, 1.82) is 0 Å². The highest BCUT2D eigenvalue weighted by Gasteiger charge is 2.31. The van der Waals surface area contributed by atoms with E-state index in [2.05, 4.69) is 10.0 Å². The average molecular weight is 649 g/mol. The summed E-state index contributed by atoms with van der Waals surface area (Å²) in [5, 5.41) is 13.0. The molecular formula is C31H44N4O9S. The maximum absolute atomic E-state index is 14.1. The lowest BCUT2D eigenvalue weighted by atomic mass is 10.0. The van der Waals surface area contributed by atoms with Crippen LogP contribution in [0.5, 0.6) is 17.2 Å². The summed E-state index contributed by atoms with van der Waals surface area (Å²) < 4.78 is 49.5. The van der Waals surface area contributed by atoms with Gasteiger partial charge in [-0.15, -0.1) is 0 Å². The molecule has 0 fully saturated rings. The first-order chi connectivity index (χ1) is 21.3. The van der Waals surface area contributed by atoms with Gasteiger partial charge in [-0.25, -0.2) is 13.2 Å². The van der Waals surface area contributed by atoms with Gasteiger partial charge in [-0.05, 0) is 63.4 Å². The molecule has 0 spiro atoms. The van der Waals surface area contributed by atoms with Crippen molar-refractivity contribution in [2.75, 3.05) is 56.4 Å². The van der Waals surface area contributed by atoms with Gasteiger partial charge in [0.15, 0.2) is 11.5 Å². The van der Waals surface area contributed by atoms with Gasteiger partial charge in [-0.3, -0.25) is 9.52 Å². The second-order valence-corrected chi connectivity index (χ2v) is 13.5. The molecule has 4 atom stereocenters. The molecule has 3 N–H and O–H groups in total. The second kappa shape index (κ2) is 15.0. The summed E-state index contributed by atoms with van der Waals surface area (Å²) in [4.78, 5) is 30.3. The van der Waals surface area contributed by atoms with E-state index < -0.39 is 28.1 Å². The summed E-state index contributed by atoms with van der Waals surface area (Å²) in [6.07, 6.45) is 2.66. The number of aliphatic hydroxyl groups is 1. The summed E-state index contributed by atoms with van der Waals surface area (Å²) in [6.45, 7) is 6.31. The summed E-state index contributed by atoms with van der Waals surface area (Å²) in [6, 6.07) is 8.87. The van der Waals surface area contributed by atoms with Crippen LogP contribution in [0.3, 0.4) is 0 Å². The third kappa shape index (κ3) is 9.38. The van der Waals surface area contributed by atoms with Crippen molar-refractivity contribution in [2.24, 2.45) is 5.92 Å². The second-order valence-electron chi connectivity index (χ2n) is 11.8. The number of urea groups is 1. The molecule has 0 saturated heterocycles. The Morgan fingerprint density at radius 1 is 1.09 bits per heavy atom. The molecule has 2 heterocycles. The quantitative estimate of drug-likeness (QED) is 0.407. The van der Waals surface area contributed by atoms with Crippen molar-refractivity contribution in [2.45, 2.75) is 58.3 Å². The summed E-state index contributed by atoms with van der Waals surface area (Å²) >= 11 is 0. The summed E-state index contributed by atoms with van der Waals surface area (Å²) in [5.41, 5.74) is 0.963. The number of carbonyl (C=O) groups is 2. The lowest BCUT2D eigenvalue weighted by molar-refractivity contribution is -0.0115. The number of fused-ring (bicyclic) bond motifs is 2. The van der Waals surface area contributed by atoms with Crippen molar-refractivity contribution < 1.29 is 42.1 Å². The van der Waals surface area contributed by atoms with E-state index >= 15 is 0 Å². The van der Waals surface area contributed by atoms with Crippen molar-refractivity contribution in [3.8, 4) is 17.2 Å². The van der Waals surface area contributed by atoms with Crippen molar-refractivity contribution in [3.63, 3.8) is 0 Å². The molecule has 2 aromatic carbocycles. The number of anilines is 2. The Balaban J connectivity index is 1.57. The molecule has 14 heteroatoms. The van der Waals surface area contributed by atoms with Gasteiger partial charge >= 0.3 is 6.03 Å². The van der Waals surface area contributed by atoms with Gasteiger partial charge in [0.1, 0.15) is 5.75 Å². The minimum atomic E-state index is -3.59. The van der Waals surface area contributed by atoms with E-state index in [-0.39, 0.29) is 55.8 Å². The maximum atomic E-state index is 14.1. The van der Waals surface area contributed by atoms with Crippen molar-refractivity contribution in [1.82, 2.24) is 9.80 Å². The van der Waals surface area contributed by atoms with E-state index in [1.165, 1.54) is 15.9 Å². The Bertz CT molecular complexity index is 1450. The molecule has 13 nitrogen and oxygen atoms in total. The normalized spacial score (nSPS) is 21.6. The summed E-state index contributed by atoms with van der Waals surface area (Å²) in [5.74, 6) is 0.826. The zero-order chi connectivity index (χ0) is 32.7. The van der Waals surface area contributed by atoms with E-state index in [1.807, 2.05) is 13.8 Å². The minimum absolute atomic E-state index is 0.133. The molecule has 3 amide bonds. The molecular weight excluding hydrogens is 604 g/mol. The van der Waals surface area contributed by atoms with Crippen LogP contribution in [0.4, 0.5) is 16.2 Å². The number of nitrogens with zero attached hydrogens (tertiary/aromatic N) is 2. The lowest BCUT2D eigenvalue weighted by Gasteiger charge is -2.35. The number of amides is 3. The number of rotatable bonds is 7. The molecule has 0 aliphatic carbocycles. The number of benzene rings is 2. The van der Waals surface area contributed by atoms with E-state index in [0.717, 1.165) is 19.1 Å². The van der Waals surface area contributed by atoms with Crippen molar-refractivity contribution >= 4 is 33.3 Å². The van der Waals surface area contributed by atoms with Crippen molar-refractivity contribution in [3.05, 3.63) is 42.0 Å². The van der Waals surface area contributed by atoms with Gasteiger partial charge < -0.3 is 39.2 Å². The molecule has 0 aromatic heterocycles. The van der Waals surface area contributed by atoms with Gasteiger partial charge in [0.25, 0.3) is 5.91 Å². The Hall–Kier alpha value is -3.75. The third-order valence-electron chi connectivity index (χ3n) is 7.78. The summed E-state index contributed by atoms with van der Waals surface area (Å²) in [7, 11) is -1.92. The SMILES string of the molecule is C[C@@H]1CCCCO[C@H](CN(C)C(=O)Nc2ccc3c(c2)OCO3)[C@H](C)CN([C@@H](C)CO)C(=O)c2cc(NS(C)(=O)=O)ccc2O1. The Labute approximate surface area is 264 Å². The molecule has 2 aliphatic rings. The zero-order valence-electron chi connectivity index (χ0n) is 26.4. The van der Waals surface area contributed by atoms with E-state index in [1.54, 1.807) is 44.3 Å². The van der Waals surface area contributed by atoms with Crippen LogP contribution >= 0.6 is 0 Å². The van der Waals surface area contributed by atoms with Gasteiger partial charge in [-0.2, -0.15) is 0 Å². The highest BCUT2D eigenvalue weighted by molar-refractivity contribution is 7.92. The molecule has 45 heavy (non-hydrogen) atoms. The van der Waals surface area contributed by atoms with Crippen LogP contribution in [-0.2, 0) is 14.8 Å². The third-order valence-corrected chi connectivity index (χ3v) is 8.39. The molecule has 248 valence electrons. The molecule has 2 aromatic rings. The first-order valence-electron chi connectivity index (χ1n) is 15.1. The number of ether oxygens (including phenoxy) is 4. The van der Waals surface area contributed by atoms with Gasteiger partial charge in [0.2, 0.25) is 16.8 Å². The zero-order valence-corrected chi connectivity index (χ0v) is 27.3. The van der Waals surface area contributed by atoms with Crippen LogP contribution < -0.4 is 24.2 Å². The predicted molar refractivity (Wildman–Crippen MR) is 170 cm³/mol. The van der Waals surface area contributed by atoms with Gasteiger partial charge in [0, 0.05) is 50.1 Å². The Morgan fingerprint density at radius 3 is 2.53 bits per heavy atom. The standard InChI is InChI=1S/C31H44N4O9S/c1-20-16-35(21(2)18-36)30(37)25-14-24(33-45(5,39)40)10-11-26(25)44-22(3)8-6-7-13-41-29(20)17-34(4)31(38)32-23-9-12-27-28(15-23)43-19-42-27/h9-12,14-15,20-22,29,33,36H,6-8,13,16-19H2,1-5H3,(H,32,38)/t20-,21+,22-,29-/m1/s1. The maximum Gasteiger partial charge on any atom is 0.321 e. The van der Waals surface area contributed by atoms with Crippen LogP contribution in [-0.4, -0.2) is 99.9 Å². The highest BCUT2D eigenvalue weighted by atomic mass is 32.2. The van der Waals surface area contributed by atoms with Crippen LogP contribution in [0.15, 0.2) is 36.4 Å². The van der Waals surface area contributed by atoms with Crippen LogP contribution in [0, 0.1) is 5.92 Å². The number of carbonyl (C=O) groups excluding carboxylic acids is 2. The lowest BCUT2D eigenvalue weighted by Crippen LogP contribution is -2.48. The average Bonchev–Trinajstić information content (AvgIpc) is 3.45. The molecule has 0 radical (unpaired) electrons. The first-order valence-corrected chi connectivity index (χ1v) is 17.0. The monoisotopic (exact) mass is 648 g/mol. The Kier molecular flexibility index (Phi) is 11.4. The van der Waals surface area contributed by atoms with Gasteiger partial charge in [-0.1, -0.05) is 6.92 Å². The van der Waals surface area contributed by atoms with Crippen LogP contribution in [0.2, 0.25) is 0 Å². The molecule has 0 unspecified atom stereocenters. The number of sulfonamides is 1. The predicted octanol–water partition coefficient (Wildman–Crippen LogP) is 3.75. The van der Waals surface area contributed by atoms with E-state index in [9.17, 15) is 23.1 Å². The van der Waals surface area contributed by atoms with Gasteiger partial charge in [0.05, 0.1) is 36.7 Å². The number of hydrogen-bond acceptors (Lipinski definition) is 9. The molecule has 0 bridgehead atoms. The smallest absolute Gasteiger partial charge is 0.321 e. The van der Waals surface area contributed by atoms with Crippen LogP contribution in [0.1, 0.15) is 50.4 Å². The topological polar surface area (TPSA) is 156 Å². The minimum Gasteiger partial charge on any atom is -0.490 e.